The Labute approximate surface area is 136 Å². The Balaban J connectivity index is 2.43. The molecule has 1 N–H and O–H groups in total. The summed E-state index contributed by atoms with van der Waals surface area (Å²) in [7, 11) is 2.05. The summed E-state index contributed by atoms with van der Waals surface area (Å²) < 4.78 is 1.14. The highest BCUT2D eigenvalue weighted by Crippen LogP contribution is 2.29. The maximum Gasteiger partial charge on any atom is 0.0363 e. The standard InChI is InChI=1S/C19H24BrN/c1-12-9-13(2)15(4)19(14(12)3)18(21-5)11-16-7-6-8-17(20)10-16/h6-10,18,21H,11H2,1-5H3. The number of aryl methyl sites for hydroxylation is 2. The average Bonchev–Trinajstić information content (AvgIpc) is 2.44. The van der Waals surface area contributed by atoms with Crippen LogP contribution in [0.1, 0.15) is 39.4 Å². The predicted molar refractivity (Wildman–Crippen MR) is 95.0 cm³/mol. The van der Waals surface area contributed by atoms with Gasteiger partial charge in [-0.25, -0.2) is 0 Å². The highest BCUT2D eigenvalue weighted by molar-refractivity contribution is 9.10. The van der Waals surface area contributed by atoms with Gasteiger partial charge >= 0.3 is 0 Å². The third-order valence-corrected chi connectivity index (χ3v) is 4.94. The molecule has 0 spiro atoms. The van der Waals surface area contributed by atoms with Gasteiger partial charge in [-0.05, 0) is 86.7 Å². The van der Waals surface area contributed by atoms with Crippen LogP contribution < -0.4 is 5.32 Å². The fraction of sp³-hybridized carbons (Fsp3) is 0.368. The molecule has 2 aromatic rings. The molecule has 0 aliphatic carbocycles. The SMILES string of the molecule is CNC(Cc1cccc(Br)c1)c1c(C)c(C)cc(C)c1C. The Bertz CT molecular complexity index is 620. The molecule has 2 aromatic carbocycles. The minimum absolute atomic E-state index is 0.345. The Morgan fingerprint density at radius 3 is 2.14 bits per heavy atom. The number of benzene rings is 2. The number of halogens is 1. The van der Waals surface area contributed by atoms with Crippen molar-refractivity contribution in [3.05, 3.63) is 68.2 Å². The van der Waals surface area contributed by atoms with E-state index in [1.54, 1.807) is 0 Å². The Morgan fingerprint density at radius 1 is 1.00 bits per heavy atom. The second-order valence-corrected chi connectivity index (χ2v) is 6.77. The molecule has 0 saturated heterocycles. The summed E-state index contributed by atoms with van der Waals surface area (Å²) in [6.07, 6.45) is 1.00. The zero-order chi connectivity index (χ0) is 15.6. The van der Waals surface area contributed by atoms with E-state index in [2.05, 4.69) is 86.3 Å². The van der Waals surface area contributed by atoms with Crippen LogP contribution in [0, 0.1) is 27.7 Å². The van der Waals surface area contributed by atoms with Gasteiger partial charge < -0.3 is 5.32 Å². The average molecular weight is 346 g/mol. The van der Waals surface area contributed by atoms with Gasteiger partial charge in [-0.1, -0.05) is 34.1 Å². The predicted octanol–water partition coefficient (Wildman–Crippen LogP) is 5.19. The van der Waals surface area contributed by atoms with Crippen molar-refractivity contribution in [2.45, 2.75) is 40.2 Å². The summed E-state index contributed by atoms with van der Waals surface area (Å²) in [5, 5.41) is 3.51. The number of hydrogen-bond donors (Lipinski definition) is 1. The topological polar surface area (TPSA) is 12.0 Å². The number of rotatable bonds is 4. The summed E-state index contributed by atoms with van der Waals surface area (Å²) in [6.45, 7) is 8.89. The molecule has 0 heterocycles. The molecule has 112 valence electrons. The van der Waals surface area contributed by atoms with Crippen LogP contribution in [0.15, 0.2) is 34.8 Å². The minimum Gasteiger partial charge on any atom is -0.313 e. The van der Waals surface area contributed by atoms with Crippen molar-refractivity contribution in [3.8, 4) is 0 Å². The largest absolute Gasteiger partial charge is 0.313 e. The molecule has 1 unspecified atom stereocenters. The van der Waals surface area contributed by atoms with Crippen LogP contribution in [-0.4, -0.2) is 7.05 Å². The van der Waals surface area contributed by atoms with Crippen molar-refractivity contribution in [3.63, 3.8) is 0 Å². The first-order valence-electron chi connectivity index (χ1n) is 7.43. The van der Waals surface area contributed by atoms with Gasteiger partial charge in [0.25, 0.3) is 0 Å². The first-order chi connectivity index (χ1) is 9.93. The lowest BCUT2D eigenvalue weighted by atomic mass is 9.87. The van der Waals surface area contributed by atoms with E-state index in [0.29, 0.717) is 6.04 Å². The second-order valence-electron chi connectivity index (χ2n) is 5.85. The van der Waals surface area contributed by atoms with Crippen LogP contribution in [0.4, 0.5) is 0 Å². The summed E-state index contributed by atoms with van der Waals surface area (Å²) in [4.78, 5) is 0. The van der Waals surface area contributed by atoms with E-state index in [4.69, 9.17) is 0 Å². The third kappa shape index (κ3) is 3.56. The monoisotopic (exact) mass is 345 g/mol. The van der Waals surface area contributed by atoms with Gasteiger partial charge in [0.2, 0.25) is 0 Å². The lowest BCUT2D eigenvalue weighted by Crippen LogP contribution is -2.21. The molecule has 0 aromatic heterocycles. The molecule has 1 nitrogen and oxygen atoms in total. The molecule has 0 bridgehead atoms. The Kier molecular flexibility index (Phi) is 5.23. The molecule has 0 aliphatic rings. The van der Waals surface area contributed by atoms with E-state index in [-0.39, 0.29) is 0 Å². The first kappa shape index (κ1) is 16.3. The zero-order valence-corrected chi connectivity index (χ0v) is 15.1. The van der Waals surface area contributed by atoms with Gasteiger partial charge in [-0.3, -0.25) is 0 Å². The van der Waals surface area contributed by atoms with Gasteiger partial charge in [-0.2, -0.15) is 0 Å². The van der Waals surface area contributed by atoms with Crippen molar-refractivity contribution >= 4 is 15.9 Å². The third-order valence-electron chi connectivity index (χ3n) is 4.45. The maximum atomic E-state index is 3.56. The second kappa shape index (κ2) is 6.76. The van der Waals surface area contributed by atoms with E-state index in [9.17, 15) is 0 Å². The van der Waals surface area contributed by atoms with Crippen molar-refractivity contribution < 1.29 is 0 Å². The summed E-state index contributed by atoms with van der Waals surface area (Å²) in [5.74, 6) is 0. The molecule has 0 radical (unpaired) electrons. The van der Waals surface area contributed by atoms with Crippen molar-refractivity contribution in [1.29, 1.82) is 0 Å². The summed E-state index contributed by atoms with van der Waals surface area (Å²) >= 11 is 3.56. The van der Waals surface area contributed by atoms with Gasteiger partial charge in [-0.15, -0.1) is 0 Å². The lowest BCUT2D eigenvalue weighted by Gasteiger charge is -2.24. The fourth-order valence-corrected chi connectivity index (χ4v) is 3.46. The van der Waals surface area contributed by atoms with Crippen LogP contribution in [0.25, 0.3) is 0 Å². The summed E-state index contributed by atoms with van der Waals surface area (Å²) in [5.41, 5.74) is 8.38. The molecule has 0 fully saturated rings. The Morgan fingerprint density at radius 2 is 1.62 bits per heavy atom. The zero-order valence-electron chi connectivity index (χ0n) is 13.5. The molecule has 0 amide bonds. The number of nitrogens with one attached hydrogen (secondary N) is 1. The van der Waals surface area contributed by atoms with E-state index < -0.39 is 0 Å². The minimum atomic E-state index is 0.345. The molecule has 0 aliphatic heterocycles. The highest BCUT2D eigenvalue weighted by Gasteiger charge is 2.17. The first-order valence-corrected chi connectivity index (χ1v) is 8.22. The molecular weight excluding hydrogens is 322 g/mol. The van der Waals surface area contributed by atoms with Crippen LogP contribution in [-0.2, 0) is 6.42 Å². The number of likely N-dealkylation sites (N-methyl/N-ethyl adjacent to an activating group) is 1. The van der Waals surface area contributed by atoms with Gasteiger partial charge in [0.15, 0.2) is 0 Å². The number of hydrogen-bond acceptors (Lipinski definition) is 1. The van der Waals surface area contributed by atoms with Gasteiger partial charge in [0, 0.05) is 10.5 Å². The van der Waals surface area contributed by atoms with Gasteiger partial charge in [0.05, 0.1) is 0 Å². The Hall–Kier alpha value is -1.12. The van der Waals surface area contributed by atoms with Crippen LogP contribution >= 0.6 is 15.9 Å². The van der Waals surface area contributed by atoms with Crippen molar-refractivity contribution in [1.82, 2.24) is 5.32 Å². The van der Waals surface area contributed by atoms with Gasteiger partial charge in [0.1, 0.15) is 0 Å². The smallest absolute Gasteiger partial charge is 0.0363 e. The van der Waals surface area contributed by atoms with Crippen LogP contribution in [0.5, 0.6) is 0 Å². The van der Waals surface area contributed by atoms with E-state index in [0.717, 1.165) is 10.9 Å². The molecule has 1 atom stereocenters. The van der Waals surface area contributed by atoms with E-state index in [1.807, 2.05) is 0 Å². The van der Waals surface area contributed by atoms with Crippen LogP contribution in [0.2, 0.25) is 0 Å². The fourth-order valence-electron chi connectivity index (χ4n) is 3.02. The lowest BCUT2D eigenvalue weighted by molar-refractivity contribution is 0.584. The maximum absolute atomic E-state index is 3.56. The normalized spacial score (nSPS) is 12.5. The van der Waals surface area contributed by atoms with Crippen LogP contribution in [0.3, 0.4) is 0 Å². The van der Waals surface area contributed by atoms with Crippen molar-refractivity contribution in [2.75, 3.05) is 7.05 Å². The molecular formula is C19H24BrN. The quantitative estimate of drug-likeness (QED) is 0.804. The van der Waals surface area contributed by atoms with E-state index in [1.165, 1.54) is 33.4 Å². The molecule has 0 saturated carbocycles. The van der Waals surface area contributed by atoms with Crippen molar-refractivity contribution in [2.24, 2.45) is 0 Å². The highest BCUT2D eigenvalue weighted by atomic mass is 79.9. The van der Waals surface area contributed by atoms with E-state index >= 15 is 0 Å². The molecule has 2 rings (SSSR count). The molecule has 21 heavy (non-hydrogen) atoms. The molecule has 2 heteroatoms. The summed E-state index contributed by atoms with van der Waals surface area (Å²) in [6, 6.07) is 11.2.